The van der Waals surface area contributed by atoms with Crippen LogP contribution in [0.25, 0.3) is 22.3 Å². The molecule has 0 bridgehead atoms. The maximum absolute atomic E-state index is 12.5. The third-order valence-electron chi connectivity index (χ3n) is 4.36. The Labute approximate surface area is 166 Å². The Morgan fingerprint density at radius 2 is 1.83 bits per heavy atom. The predicted molar refractivity (Wildman–Crippen MR) is 109 cm³/mol. The van der Waals surface area contributed by atoms with E-state index in [1.807, 2.05) is 42.5 Å². The van der Waals surface area contributed by atoms with Gasteiger partial charge in [-0.1, -0.05) is 24.3 Å². The largest absolute Gasteiger partial charge is 0.459 e. The topological polar surface area (TPSA) is 97.1 Å². The Morgan fingerprint density at radius 1 is 1.00 bits per heavy atom. The summed E-state index contributed by atoms with van der Waals surface area (Å²) < 4.78 is 5.03. The maximum atomic E-state index is 12.5. The molecular weight excluding hydrogens is 368 g/mol. The number of nitrogens with zero attached hydrogens (tertiary/aromatic N) is 2. The summed E-state index contributed by atoms with van der Waals surface area (Å²) in [5, 5.41) is 5.41. The summed E-state index contributed by atoms with van der Waals surface area (Å²) in [5.41, 5.74) is 3.75. The average Bonchev–Trinajstić information content (AvgIpc) is 3.28. The highest BCUT2D eigenvalue weighted by molar-refractivity contribution is 6.00. The van der Waals surface area contributed by atoms with Crippen LogP contribution in [-0.4, -0.2) is 27.8 Å². The fraction of sp³-hybridized carbons (Fsp3) is 0.0909. The standard InChI is InChI=1S/C22H18N4O3/c1-14(24-22(28)20-10-5-11-29-20)21(27)25-16-7-4-6-15(12-16)19-13-23-17-8-2-3-9-18(17)26-19/h2-14H,1H3,(H,24,28)(H,25,27)/t14-/m1/s1. The van der Waals surface area contributed by atoms with Crippen molar-refractivity contribution in [1.29, 1.82) is 0 Å². The van der Waals surface area contributed by atoms with Crippen molar-refractivity contribution in [2.75, 3.05) is 5.32 Å². The Kier molecular flexibility index (Phi) is 5.03. The van der Waals surface area contributed by atoms with E-state index in [-0.39, 0.29) is 11.7 Å². The summed E-state index contributed by atoms with van der Waals surface area (Å²) in [7, 11) is 0. The first kappa shape index (κ1) is 18.4. The highest BCUT2D eigenvalue weighted by atomic mass is 16.3. The molecule has 0 radical (unpaired) electrons. The zero-order chi connectivity index (χ0) is 20.2. The lowest BCUT2D eigenvalue weighted by molar-refractivity contribution is -0.117. The third-order valence-corrected chi connectivity index (χ3v) is 4.36. The van der Waals surface area contributed by atoms with Gasteiger partial charge in [0.05, 0.1) is 29.2 Å². The maximum Gasteiger partial charge on any atom is 0.287 e. The number of anilines is 1. The monoisotopic (exact) mass is 386 g/mol. The fourth-order valence-electron chi connectivity index (χ4n) is 2.84. The first-order valence-corrected chi connectivity index (χ1v) is 9.07. The predicted octanol–water partition coefficient (Wildman–Crippen LogP) is 3.65. The molecule has 7 nitrogen and oxygen atoms in total. The summed E-state index contributed by atoms with van der Waals surface area (Å²) in [4.78, 5) is 33.5. The second-order valence-electron chi connectivity index (χ2n) is 6.49. The zero-order valence-electron chi connectivity index (χ0n) is 15.6. The molecule has 4 rings (SSSR count). The van der Waals surface area contributed by atoms with Gasteiger partial charge in [-0.2, -0.15) is 0 Å². The number of rotatable bonds is 5. The molecule has 0 unspecified atom stereocenters. The van der Waals surface area contributed by atoms with Crippen molar-refractivity contribution >= 4 is 28.5 Å². The minimum atomic E-state index is -0.739. The first-order chi connectivity index (χ1) is 14.1. The second-order valence-corrected chi connectivity index (χ2v) is 6.49. The van der Waals surface area contributed by atoms with Gasteiger partial charge in [-0.25, -0.2) is 4.98 Å². The van der Waals surface area contributed by atoms with Gasteiger partial charge in [-0.3, -0.25) is 14.6 Å². The lowest BCUT2D eigenvalue weighted by Gasteiger charge is -2.14. The number of benzene rings is 2. The number of amides is 2. The number of para-hydroxylation sites is 2. The van der Waals surface area contributed by atoms with Crippen molar-refractivity contribution in [2.24, 2.45) is 0 Å². The number of carbonyl (C=O) groups is 2. The van der Waals surface area contributed by atoms with Crippen LogP contribution in [0.1, 0.15) is 17.5 Å². The lowest BCUT2D eigenvalue weighted by Crippen LogP contribution is -2.41. The van der Waals surface area contributed by atoms with E-state index in [9.17, 15) is 9.59 Å². The van der Waals surface area contributed by atoms with Gasteiger partial charge in [0.1, 0.15) is 6.04 Å². The number of hydrogen-bond acceptors (Lipinski definition) is 5. The van der Waals surface area contributed by atoms with E-state index in [1.54, 1.807) is 25.3 Å². The first-order valence-electron chi connectivity index (χ1n) is 9.07. The van der Waals surface area contributed by atoms with Crippen molar-refractivity contribution in [3.8, 4) is 11.3 Å². The summed E-state index contributed by atoms with van der Waals surface area (Å²) in [5.74, 6) is -0.633. The smallest absolute Gasteiger partial charge is 0.287 e. The van der Waals surface area contributed by atoms with Gasteiger partial charge < -0.3 is 15.1 Å². The molecule has 1 atom stereocenters. The van der Waals surface area contributed by atoms with Crippen LogP contribution in [0, 0.1) is 0 Å². The Morgan fingerprint density at radius 3 is 2.62 bits per heavy atom. The molecule has 2 aromatic carbocycles. The Balaban J connectivity index is 1.48. The summed E-state index contributed by atoms with van der Waals surface area (Å²) in [6, 6.07) is 17.4. The van der Waals surface area contributed by atoms with E-state index < -0.39 is 11.9 Å². The van der Waals surface area contributed by atoms with Crippen molar-refractivity contribution < 1.29 is 14.0 Å². The molecule has 29 heavy (non-hydrogen) atoms. The van der Waals surface area contributed by atoms with Gasteiger partial charge in [0.2, 0.25) is 5.91 Å². The van der Waals surface area contributed by atoms with Gasteiger partial charge in [-0.15, -0.1) is 0 Å². The van der Waals surface area contributed by atoms with E-state index in [1.165, 1.54) is 12.3 Å². The minimum absolute atomic E-state index is 0.154. The number of furan rings is 1. The Bertz CT molecular complexity index is 1170. The zero-order valence-corrected chi connectivity index (χ0v) is 15.6. The third kappa shape index (κ3) is 4.14. The fourth-order valence-corrected chi connectivity index (χ4v) is 2.84. The molecule has 144 valence electrons. The summed E-state index contributed by atoms with van der Waals surface area (Å²) in [6.07, 6.45) is 3.11. The van der Waals surface area contributed by atoms with Crippen LogP contribution in [0.4, 0.5) is 5.69 Å². The molecule has 2 N–H and O–H groups in total. The number of hydrogen-bond donors (Lipinski definition) is 2. The number of carbonyl (C=O) groups excluding carboxylic acids is 2. The highest BCUT2D eigenvalue weighted by Gasteiger charge is 2.18. The number of aromatic nitrogens is 2. The van der Waals surface area contributed by atoms with Crippen LogP contribution < -0.4 is 10.6 Å². The van der Waals surface area contributed by atoms with Crippen molar-refractivity contribution in [1.82, 2.24) is 15.3 Å². The van der Waals surface area contributed by atoms with Gasteiger partial charge in [0.25, 0.3) is 5.91 Å². The van der Waals surface area contributed by atoms with Gasteiger partial charge in [0.15, 0.2) is 5.76 Å². The van der Waals surface area contributed by atoms with Crippen LogP contribution >= 0.6 is 0 Å². The van der Waals surface area contributed by atoms with Crippen molar-refractivity contribution in [3.63, 3.8) is 0 Å². The Hall–Kier alpha value is -4.00. The van der Waals surface area contributed by atoms with Crippen LogP contribution in [0.2, 0.25) is 0 Å². The molecule has 0 saturated heterocycles. The molecule has 0 aliphatic carbocycles. The number of nitrogens with one attached hydrogen (secondary N) is 2. The van der Waals surface area contributed by atoms with Crippen LogP contribution in [-0.2, 0) is 4.79 Å². The molecule has 0 saturated carbocycles. The molecule has 4 aromatic rings. The molecule has 0 spiro atoms. The molecule has 0 aliphatic rings. The highest BCUT2D eigenvalue weighted by Crippen LogP contribution is 2.22. The van der Waals surface area contributed by atoms with Crippen LogP contribution in [0.3, 0.4) is 0 Å². The number of fused-ring (bicyclic) bond motifs is 1. The molecular formula is C22H18N4O3. The SMILES string of the molecule is C[C@@H](NC(=O)c1ccco1)C(=O)Nc1cccc(-c2cnc3ccccc3n2)c1. The minimum Gasteiger partial charge on any atom is -0.459 e. The molecule has 0 aliphatic heterocycles. The van der Waals surface area contributed by atoms with E-state index in [4.69, 9.17) is 4.42 Å². The quantitative estimate of drug-likeness (QED) is 0.546. The van der Waals surface area contributed by atoms with E-state index in [0.717, 1.165) is 16.6 Å². The molecule has 2 aromatic heterocycles. The van der Waals surface area contributed by atoms with Crippen LogP contribution in [0.5, 0.6) is 0 Å². The second kappa shape index (κ2) is 7.93. The lowest BCUT2D eigenvalue weighted by atomic mass is 10.1. The molecule has 2 heterocycles. The molecule has 0 fully saturated rings. The summed E-state index contributed by atoms with van der Waals surface area (Å²) in [6.45, 7) is 1.61. The average molecular weight is 386 g/mol. The van der Waals surface area contributed by atoms with Crippen molar-refractivity contribution in [2.45, 2.75) is 13.0 Å². The van der Waals surface area contributed by atoms with Gasteiger partial charge in [-0.05, 0) is 43.3 Å². The molecule has 7 heteroatoms. The summed E-state index contributed by atoms with van der Waals surface area (Å²) >= 11 is 0. The van der Waals surface area contributed by atoms with E-state index in [2.05, 4.69) is 20.6 Å². The van der Waals surface area contributed by atoms with E-state index in [0.29, 0.717) is 11.4 Å². The van der Waals surface area contributed by atoms with Gasteiger partial charge >= 0.3 is 0 Å². The van der Waals surface area contributed by atoms with Gasteiger partial charge in [0, 0.05) is 11.3 Å². The van der Waals surface area contributed by atoms with Crippen molar-refractivity contribution in [3.05, 3.63) is 78.9 Å². The van der Waals surface area contributed by atoms with Crippen LogP contribution in [0.15, 0.2) is 77.5 Å². The molecule has 2 amide bonds. The normalized spacial score (nSPS) is 11.8. The van der Waals surface area contributed by atoms with E-state index >= 15 is 0 Å².